The van der Waals surface area contributed by atoms with Gasteiger partial charge in [-0.05, 0) is 5.92 Å². The summed E-state index contributed by atoms with van der Waals surface area (Å²) < 4.78 is 30.5. The maximum absolute atomic E-state index is 10.9. The van der Waals surface area contributed by atoms with Crippen molar-refractivity contribution in [3.63, 3.8) is 0 Å². The Kier molecular flexibility index (Phi) is 3.13. The van der Waals surface area contributed by atoms with Crippen LogP contribution in [-0.4, -0.2) is 33.4 Å². The van der Waals surface area contributed by atoms with Gasteiger partial charge in [-0.1, -0.05) is 13.8 Å². The van der Waals surface area contributed by atoms with E-state index >= 15 is 0 Å². The van der Waals surface area contributed by atoms with Crippen LogP contribution in [0.15, 0.2) is 4.90 Å². The van der Waals surface area contributed by atoms with Gasteiger partial charge in [-0.2, -0.15) is 8.42 Å². The fourth-order valence-corrected chi connectivity index (χ4v) is 2.17. The fourth-order valence-electron chi connectivity index (χ4n) is 1.49. The Balaban J connectivity index is 3.84. The van der Waals surface area contributed by atoms with Crippen molar-refractivity contribution in [1.82, 2.24) is 0 Å². The van der Waals surface area contributed by atoms with Crippen LogP contribution in [0.1, 0.15) is 25.3 Å². The average molecular weight is 264 g/mol. The van der Waals surface area contributed by atoms with E-state index < -0.39 is 43.9 Å². The van der Waals surface area contributed by atoms with Crippen molar-refractivity contribution in [2.45, 2.75) is 24.7 Å². The highest BCUT2D eigenvalue weighted by molar-refractivity contribution is 7.86. The summed E-state index contributed by atoms with van der Waals surface area (Å²) in [5, 5.41) is 37.9. The van der Waals surface area contributed by atoms with E-state index in [0.717, 1.165) is 0 Å². The lowest BCUT2D eigenvalue weighted by atomic mass is 10.00. The van der Waals surface area contributed by atoms with E-state index in [0.29, 0.717) is 0 Å². The van der Waals surface area contributed by atoms with Gasteiger partial charge in [-0.3, -0.25) is 4.55 Å². The van der Waals surface area contributed by atoms with Crippen molar-refractivity contribution >= 4 is 10.1 Å². The van der Waals surface area contributed by atoms with E-state index in [4.69, 9.17) is 4.55 Å². The maximum Gasteiger partial charge on any atom is 0.302 e. The smallest absolute Gasteiger partial charge is 0.302 e. The molecule has 0 amide bonds. The number of phenolic OH excluding ortho intramolecular Hbond substituents is 4. The van der Waals surface area contributed by atoms with Gasteiger partial charge in [0.15, 0.2) is 27.9 Å². The van der Waals surface area contributed by atoms with Gasteiger partial charge in [0.05, 0.1) is 0 Å². The van der Waals surface area contributed by atoms with Gasteiger partial charge in [0.1, 0.15) is 0 Å². The number of hydrogen-bond acceptors (Lipinski definition) is 6. The molecule has 0 radical (unpaired) electrons. The molecule has 0 atom stereocenters. The highest BCUT2D eigenvalue weighted by atomic mass is 32.2. The summed E-state index contributed by atoms with van der Waals surface area (Å²) in [6.07, 6.45) is 0. The Morgan fingerprint density at radius 3 is 1.47 bits per heavy atom. The van der Waals surface area contributed by atoms with Crippen molar-refractivity contribution in [1.29, 1.82) is 0 Å². The molecule has 96 valence electrons. The van der Waals surface area contributed by atoms with Crippen LogP contribution < -0.4 is 0 Å². The molecule has 17 heavy (non-hydrogen) atoms. The molecule has 5 N–H and O–H groups in total. The summed E-state index contributed by atoms with van der Waals surface area (Å²) in [5.74, 6) is -4.69. The minimum atomic E-state index is -4.97. The van der Waals surface area contributed by atoms with Crippen molar-refractivity contribution in [2.75, 3.05) is 0 Å². The topological polar surface area (TPSA) is 135 Å². The van der Waals surface area contributed by atoms with Crippen LogP contribution in [0.25, 0.3) is 0 Å². The molecule has 0 saturated carbocycles. The average Bonchev–Trinajstić information content (AvgIpc) is 2.12. The zero-order valence-electron chi connectivity index (χ0n) is 9.04. The molecule has 0 heterocycles. The summed E-state index contributed by atoms with van der Waals surface area (Å²) in [7, 11) is -4.97. The molecule has 1 rings (SSSR count). The lowest BCUT2D eigenvalue weighted by Gasteiger charge is -2.15. The van der Waals surface area contributed by atoms with Crippen LogP contribution in [0.2, 0.25) is 0 Å². The number of rotatable bonds is 2. The van der Waals surface area contributed by atoms with E-state index in [1.165, 1.54) is 0 Å². The first-order valence-corrected chi connectivity index (χ1v) is 6.00. The molecule has 0 aliphatic carbocycles. The second-order valence-corrected chi connectivity index (χ2v) is 5.13. The van der Waals surface area contributed by atoms with Gasteiger partial charge in [0, 0.05) is 5.56 Å². The normalized spacial score (nSPS) is 12.0. The van der Waals surface area contributed by atoms with Crippen LogP contribution in [0.3, 0.4) is 0 Å². The van der Waals surface area contributed by atoms with Gasteiger partial charge in [0.2, 0.25) is 0 Å². The molecule has 0 saturated heterocycles. The van der Waals surface area contributed by atoms with Crippen molar-refractivity contribution in [2.24, 2.45) is 0 Å². The largest absolute Gasteiger partial charge is 0.504 e. The number of hydrogen-bond donors (Lipinski definition) is 5. The molecule has 0 aromatic heterocycles. The Morgan fingerprint density at radius 2 is 1.24 bits per heavy atom. The number of phenols is 4. The van der Waals surface area contributed by atoms with E-state index in [9.17, 15) is 28.8 Å². The Bertz CT molecular complexity index is 530. The first-order valence-electron chi connectivity index (χ1n) is 4.56. The second kappa shape index (κ2) is 3.97. The van der Waals surface area contributed by atoms with Crippen LogP contribution in [-0.2, 0) is 10.1 Å². The Hall–Kier alpha value is -1.67. The van der Waals surface area contributed by atoms with E-state index in [-0.39, 0.29) is 5.56 Å². The van der Waals surface area contributed by atoms with Crippen LogP contribution in [0, 0.1) is 0 Å². The summed E-state index contributed by atoms with van der Waals surface area (Å²) in [6, 6.07) is 0. The standard InChI is InChI=1S/C9H12O7S/c1-3(2)4-5(10)7(12)9(17(14,15)16)8(13)6(4)11/h3,10-13H,1-2H3,(H,14,15,16). The highest BCUT2D eigenvalue weighted by Gasteiger charge is 2.31. The molecule has 0 aliphatic heterocycles. The molecular weight excluding hydrogens is 252 g/mol. The van der Waals surface area contributed by atoms with Crippen molar-refractivity contribution in [3.05, 3.63) is 5.56 Å². The van der Waals surface area contributed by atoms with Crippen LogP contribution in [0.4, 0.5) is 0 Å². The third-order valence-corrected chi connectivity index (χ3v) is 3.13. The van der Waals surface area contributed by atoms with Gasteiger partial charge in [0.25, 0.3) is 0 Å². The van der Waals surface area contributed by atoms with Gasteiger partial charge in [-0.15, -0.1) is 0 Å². The molecular formula is C9H12O7S. The molecule has 1 aromatic carbocycles. The second-order valence-electron chi connectivity index (χ2n) is 3.77. The SMILES string of the molecule is CC(C)c1c(O)c(O)c(S(=O)(=O)O)c(O)c1O. The van der Waals surface area contributed by atoms with Crippen molar-refractivity contribution in [3.8, 4) is 23.0 Å². The number of aromatic hydroxyl groups is 4. The van der Waals surface area contributed by atoms with Gasteiger partial charge < -0.3 is 20.4 Å². The summed E-state index contributed by atoms with van der Waals surface area (Å²) in [6.45, 7) is 3.08. The van der Waals surface area contributed by atoms with Gasteiger partial charge in [-0.25, -0.2) is 0 Å². The lowest BCUT2D eigenvalue weighted by molar-refractivity contribution is 0.342. The molecule has 8 heteroatoms. The third kappa shape index (κ3) is 2.08. The maximum atomic E-state index is 10.9. The molecule has 7 nitrogen and oxygen atoms in total. The predicted octanol–water partition coefficient (Wildman–Crippen LogP) is 0.879. The summed E-state index contributed by atoms with van der Waals surface area (Å²) in [4.78, 5) is -1.32. The summed E-state index contributed by atoms with van der Waals surface area (Å²) in [5.41, 5.74) is -0.215. The predicted molar refractivity (Wildman–Crippen MR) is 57.0 cm³/mol. The first kappa shape index (κ1) is 13.4. The van der Waals surface area contributed by atoms with E-state index in [1.54, 1.807) is 13.8 Å². The molecule has 0 bridgehead atoms. The van der Waals surface area contributed by atoms with E-state index in [1.807, 2.05) is 0 Å². The zero-order chi connectivity index (χ0) is 13.5. The molecule has 0 unspecified atom stereocenters. The molecule has 0 fully saturated rings. The molecule has 0 aliphatic rings. The third-order valence-electron chi connectivity index (χ3n) is 2.22. The van der Waals surface area contributed by atoms with E-state index in [2.05, 4.69) is 0 Å². The monoisotopic (exact) mass is 264 g/mol. The van der Waals surface area contributed by atoms with Crippen LogP contribution in [0.5, 0.6) is 23.0 Å². The molecule has 1 aromatic rings. The zero-order valence-corrected chi connectivity index (χ0v) is 9.85. The fraction of sp³-hybridized carbons (Fsp3) is 0.333. The minimum Gasteiger partial charge on any atom is -0.504 e. The highest BCUT2D eigenvalue weighted by Crippen LogP contribution is 2.50. The van der Waals surface area contributed by atoms with Gasteiger partial charge >= 0.3 is 10.1 Å². The molecule has 0 spiro atoms. The Morgan fingerprint density at radius 1 is 0.882 bits per heavy atom. The number of benzene rings is 1. The van der Waals surface area contributed by atoms with Crippen LogP contribution >= 0.6 is 0 Å². The lowest BCUT2D eigenvalue weighted by Crippen LogP contribution is -2.02. The summed E-state index contributed by atoms with van der Waals surface area (Å²) >= 11 is 0. The first-order chi connectivity index (χ1) is 7.59. The van der Waals surface area contributed by atoms with Crippen molar-refractivity contribution < 1.29 is 33.4 Å². The Labute approximate surface area is 97.3 Å². The quantitative estimate of drug-likeness (QED) is 0.304. The minimum absolute atomic E-state index is 0.215.